The standard InChI is InChI=1S/C28H24ClN5O5S/c1-16(35)33(2)40(38,39)20-12-10-19(11-13-20)34-26-22(25(32-34)27(30)36)14-8-17-7-9-18(15-23(17)26)31-28(37)21-5-3-4-6-24(21)29/h3-7,9-13,15H,8,14H2,1-2H3,(H2,30,36)(H,31,37). The minimum absolute atomic E-state index is 0.0740. The maximum Gasteiger partial charge on any atom is 0.269 e. The molecule has 5 rings (SSSR count). The Kier molecular flexibility index (Phi) is 6.94. The smallest absolute Gasteiger partial charge is 0.269 e. The normalized spacial score (nSPS) is 12.3. The largest absolute Gasteiger partial charge is 0.364 e. The van der Waals surface area contributed by atoms with Gasteiger partial charge in [0, 0.05) is 30.8 Å². The topological polar surface area (TPSA) is 144 Å². The molecule has 0 radical (unpaired) electrons. The van der Waals surface area contributed by atoms with E-state index in [1.54, 1.807) is 36.4 Å². The van der Waals surface area contributed by atoms with Gasteiger partial charge in [-0.1, -0.05) is 29.8 Å². The maximum atomic E-state index is 12.9. The molecule has 10 nitrogen and oxygen atoms in total. The second-order valence-corrected chi connectivity index (χ2v) is 11.6. The van der Waals surface area contributed by atoms with Gasteiger partial charge < -0.3 is 11.1 Å². The molecule has 0 atom stereocenters. The number of nitrogens with one attached hydrogen (secondary N) is 1. The van der Waals surface area contributed by atoms with E-state index in [1.807, 2.05) is 6.07 Å². The Balaban J connectivity index is 1.58. The number of hydrogen-bond donors (Lipinski definition) is 2. The molecule has 0 fully saturated rings. The molecule has 0 aliphatic heterocycles. The zero-order valence-electron chi connectivity index (χ0n) is 21.5. The highest BCUT2D eigenvalue weighted by Gasteiger charge is 2.29. The third kappa shape index (κ3) is 4.74. The number of nitrogens with zero attached hydrogens (tertiary/aromatic N) is 3. The predicted molar refractivity (Wildman–Crippen MR) is 150 cm³/mol. The lowest BCUT2D eigenvalue weighted by Crippen LogP contribution is -2.31. The van der Waals surface area contributed by atoms with E-state index in [-0.39, 0.29) is 16.5 Å². The van der Waals surface area contributed by atoms with Gasteiger partial charge in [-0.2, -0.15) is 5.10 Å². The Labute approximate surface area is 235 Å². The molecule has 40 heavy (non-hydrogen) atoms. The van der Waals surface area contributed by atoms with Gasteiger partial charge in [0.15, 0.2) is 5.69 Å². The average Bonchev–Trinajstić information content (AvgIpc) is 3.33. The van der Waals surface area contributed by atoms with Crippen LogP contribution in [0.2, 0.25) is 5.02 Å². The van der Waals surface area contributed by atoms with Gasteiger partial charge in [-0.05, 0) is 66.9 Å². The molecule has 1 aromatic heterocycles. The molecule has 204 valence electrons. The quantitative estimate of drug-likeness (QED) is 0.356. The first-order valence-electron chi connectivity index (χ1n) is 12.2. The third-order valence-corrected chi connectivity index (χ3v) is 8.96. The molecule has 0 saturated carbocycles. The van der Waals surface area contributed by atoms with E-state index < -0.39 is 21.8 Å². The molecule has 1 aliphatic rings. The fraction of sp³-hybridized carbons (Fsp3) is 0.143. The van der Waals surface area contributed by atoms with Crippen molar-refractivity contribution < 1.29 is 22.8 Å². The van der Waals surface area contributed by atoms with Crippen molar-refractivity contribution >= 4 is 45.0 Å². The molecule has 3 amide bonds. The third-order valence-electron chi connectivity index (χ3n) is 6.79. The van der Waals surface area contributed by atoms with Crippen molar-refractivity contribution in [2.45, 2.75) is 24.7 Å². The molecule has 1 aliphatic carbocycles. The lowest BCUT2D eigenvalue weighted by Gasteiger charge is -2.20. The van der Waals surface area contributed by atoms with Crippen molar-refractivity contribution in [2.24, 2.45) is 5.73 Å². The molecule has 3 aromatic carbocycles. The van der Waals surface area contributed by atoms with Gasteiger partial charge in [0.2, 0.25) is 5.91 Å². The number of aromatic nitrogens is 2. The number of nitrogens with two attached hydrogens (primary N) is 1. The van der Waals surface area contributed by atoms with Gasteiger partial charge in [0.25, 0.3) is 21.8 Å². The minimum atomic E-state index is -4.02. The summed E-state index contributed by atoms with van der Waals surface area (Å²) in [7, 11) is -2.84. The van der Waals surface area contributed by atoms with Crippen LogP contribution in [-0.2, 0) is 27.7 Å². The molecule has 0 saturated heterocycles. The highest BCUT2D eigenvalue weighted by atomic mass is 35.5. The summed E-state index contributed by atoms with van der Waals surface area (Å²) in [6.07, 6.45) is 1.14. The van der Waals surface area contributed by atoms with E-state index in [0.717, 1.165) is 18.1 Å². The summed E-state index contributed by atoms with van der Waals surface area (Å²) in [6.45, 7) is 1.16. The van der Waals surface area contributed by atoms with Crippen LogP contribution >= 0.6 is 11.6 Å². The van der Waals surface area contributed by atoms with Crippen LogP contribution in [0.1, 0.15) is 38.9 Å². The van der Waals surface area contributed by atoms with Crippen molar-refractivity contribution in [2.75, 3.05) is 12.4 Å². The molecule has 3 N–H and O–H groups in total. The summed E-state index contributed by atoms with van der Waals surface area (Å²) in [5.74, 6) is -1.69. The van der Waals surface area contributed by atoms with Crippen molar-refractivity contribution in [3.05, 3.63) is 94.1 Å². The number of benzene rings is 3. The first-order chi connectivity index (χ1) is 19.0. The van der Waals surface area contributed by atoms with Crippen LogP contribution < -0.4 is 11.1 Å². The van der Waals surface area contributed by atoms with E-state index in [2.05, 4.69) is 10.4 Å². The van der Waals surface area contributed by atoms with Crippen molar-refractivity contribution in [3.63, 3.8) is 0 Å². The number of primary amides is 1. The molecule has 0 unspecified atom stereocenters. The maximum absolute atomic E-state index is 12.9. The van der Waals surface area contributed by atoms with E-state index in [9.17, 15) is 22.8 Å². The first-order valence-corrected chi connectivity index (χ1v) is 14.0. The van der Waals surface area contributed by atoms with Gasteiger partial charge >= 0.3 is 0 Å². The zero-order valence-corrected chi connectivity index (χ0v) is 23.1. The van der Waals surface area contributed by atoms with Gasteiger partial charge in [-0.15, -0.1) is 0 Å². The molecule has 12 heteroatoms. The SMILES string of the molecule is CC(=O)N(C)S(=O)(=O)c1ccc(-n2nc(C(N)=O)c3c2-c2cc(NC(=O)c4ccccc4Cl)ccc2CC3)cc1. The van der Waals surface area contributed by atoms with E-state index in [0.29, 0.717) is 50.4 Å². The number of aryl methyl sites for hydroxylation is 1. The number of hydrogen-bond acceptors (Lipinski definition) is 6. The molecule has 0 spiro atoms. The summed E-state index contributed by atoms with van der Waals surface area (Å²) in [6, 6.07) is 18.0. The second kappa shape index (κ2) is 10.2. The Hall–Kier alpha value is -4.48. The summed E-state index contributed by atoms with van der Waals surface area (Å²) in [5.41, 5.74) is 10.1. The van der Waals surface area contributed by atoms with Gasteiger partial charge in [0.05, 0.1) is 26.9 Å². The van der Waals surface area contributed by atoms with Gasteiger partial charge in [0.1, 0.15) is 0 Å². The molecule has 1 heterocycles. The Morgan fingerprint density at radius 3 is 2.38 bits per heavy atom. The summed E-state index contributed by atoms with van der Waals surface area (Å²) < 4.78 is 27.7. The number of anilines is 1. The Morgan fingerprint density at radius 1 is 1.02 bits per heavy atom. The second-order valence-electron chi connectivity index (χ2n) is 9.24. The highest BCUT2D eigenvalue weighted by molar-refractivity contribution is 7.89. The van der Waals surface area contributed by atoms with Gasteiger partial charge in [-0.3, -0.25) is 14.4 Å². The van der Waals surface area contributed by atoms with Crippen molar-refractivity contribution in [3.8, 4) is 16.9 Å². The molecule has 0 bridgehead atoms. The number of carbonyl (C=O) groups excluding carboxylic acids is 3. The lowest BCUT2D eigenvalue weighted by atomic mass is 9.88. The van der Waals surface area contributed by atoms with Crippen LogP contribution in [0.3, 0.4) is 0 Å². The fourth-order valence-electron chi connectivity index (χ4n) is 4.63. The highest BCUT2D eigenvalue weighted by Crippen LogP contribution is 2.38. The molecular weight excluding hydrogens is 554 g/mol. The predicted octanol–water partition coefficient (Wildman–Crippen LogP) is 3.81. The van der Waals surface area contributed by atoms with Gasteiger partial charge in [-0.25, -0.2) is 17.4 Å². The number of amides is 3. The summed E-state index contributed by atoms with van der Waals surface area (Å²) in [4.78, 5) is 36.8. The van der Waals surface area contributed by atoms with E-state index >= 15 is 0 Å². The first kappa shape index (κ1) is 27.1. The number of halogens is 1. The average molecular weight is 578 g/mol. The fourth-order valence-corrected chi connectivity index (χ4v) is 5.99. The number of sulfonamides is 1. The monoisotopic (exact) mass is 577 g/mol. The van der Waals surface area contributed by atoms with Crippen LogP contribution in [0.5, 0.6) is 0 Å². The molecular formula is C28H24ClN5O5S. The lowest BCUT2D eigenvalue weighted by molar-refractivity contribution is -0.123. The number of fused-ring (bicyclic) bond motifs is 3. The van der Waals surface area contributed by atoms with E-state index in [1.165, 1.54) is 36.0 Å². The molecule has 4 aromatic rings. The van der Waals surface area contributed by atoms with Crippen molar-refractivity contribution in [1.82, 2.24) is 14.1 Å². The zero-order chi connectivity index (χ0) is 28.8. The van der Waals surface area contributed by atoms with E-state index in [4.69, 9.17) is 17.3 Å². The Bertz CT molecular complexity index is 1800. The number of rotatable bonds is 6. The Morgan fingerprint density at radius 2 is 1.73 bits per heavy atom. The number of carbonyl (C=O) groups is 3. The summed E-state index contributed by atoms with van der Waals surface area (Å²) >= 11 is 6.19. The van der Waals surface area contributed by atoms with Crippen LogP contribution in [-0.4, -0.2) is 47.3 Å². The van der Waals surface area contributed by atoms with Crippen molar-refractivity contribution in [1.29, 1.82) is 0 Å². The van der Waals surface area contributed by atoms with Crippen LogP contribution in [0, 0.1) is 0 Å². The minimum Gasteiger partial charge on any atom is -0.364 e. The van der Waals surface area contributed by atoms with Crippen LogP contribution in [0.15, 0.2) is 71.6 Å². The van der Waals surface area contributed by atoms with Crippen LogP contribution in [0.4, 0.5) is 5.69 Å². The summed E-state index contributed by atoms with van der Waals surface area (Å²) in [5, 5.41) is 7.68. The van der Waals surface area contributed by atoms with Crippen LogP contribution in [0.25, 0.3) is 16.9 Å².